The first-order valence-electron chi connectivity index (χ1n) is 7.08. The van der Waals surface area contributed by atoms with E-state index in [0.29, 0.717) is 0 Å². The second-order valence-electron chi connectivity index (χ2n) is 5.08. The molecule has 1 unspecified atom stereocenters. The predicted octanol–water partition coefficient (Wildman–Crippen LogP) is 3.21. The summed E-state index contributed by atoms with van der Waals surface area (Å²) in [6, 6.07) is 3.47. The first-order valence-corrected chi connectivity index (χ1v) is 8.23. The molecule has 2 rings (SSSR count). The molecule has 1 aliphatic heterocycles. The maximum atomic E-state index is 10.2. The summed E-state index contributed by atoms with van der Waals surface area (Å²) in [7, 11) is 0. The van der Waals surface area contributed by atoms with Gasteiger partial charge in [0.25, 0.3) is 0 Å². The van der Waals surface area contributed by atoms with Crippen molar-refractivity contribution in [3.8, 4) is 11.5 Å². The van der Waals surface area contributed by atoms with E-state index in [1.807, 2.05) is 17.8 Å². The number of hydrogen-bond acceptors (Lipinski definition) is 4. The lowest BCUT2D eigenvalue weighted by atomic mass is 9.95. The average molecular weight is 281 g/mol. The maximum Gasteiger partial charge on any atom is 0.124 e. The summed E-state index contributed by atoms with van der Waals surface area (Å²) < 4.78 is 0. The summed E-state index contributed by atoms with van der Waals surface area (Å²) in [6.45, 7) is 3.16. The lowest BCUT2D eigenvalue weighted by molar-refractivity contribution is 0.434. The number of hydrogen-bond donors (Lipinski definition) is 3. The van der Waals surface area contributed by atoms with Crippen LogP contribution in [0.4, 0.5) is 0 Å². The van der Waals surface area contributed by atoms with Gasteiger partial charge in [0.05, 0.1) is 0 Å². The van der Waals surface area contributed by atoms with Gasteiger partial charge in [-0.15, -0.1) is 0 Å². The highest BCUT2D eigenvalue weighted by atomic mass is 32.2. The number of thioether (sulfide) groups is 1. The fourth-order valence-electron chi connectivity index (χ4n) is 2.61. The van der Waals surface area contributed by atoms with Gasteiger partial charge < -0.3 is 15.5 Å². The van der Waals surface area contributed by atoms with Crippen molar-refractivity contribution in [3.63, 3.8) is 0 Å². The Labute approximate surface area is 119 Å². The molecule has 0 bridgehead atoms. The lowest BCUT2D eigenvalue weighted by Crippen LogP contribution is -2.31. The number of aryl methyl sites for hydroxylation is 1. The molecule has 0 radical (unpaired) electrons. The highest BCUT2D eigenvalue weighted by Crippen LogP contribution is 2.35. The van der Waals surface area contributed by atoms with Crippen LogP contribution in [0.5, 0.6) is 11.5 Å². The van der Waals surface area contributed by atoms with Crippen molar-refractivity contribution in [3.05, 3.63) is 23.3 Å². The van der Waals surface area contributed by atoms with Gasteiger partial charge in [-0.05, 0) is 24.5 Å². The molecular weight excluding hydrogens is 258 g/mol. The quantitative estimate of drug-likeness (QED) is 0.725. The van der Waals surface area contributed by atoms with Crippen LogP contribution in [0, 0.1) is 0 Å². The molecule has 1 fully saturated rings. The predicted molar refractivity (Wildman–Crippen MR) is 81.1 cm³/mol. The molecule has 3 N–H and O–H groups in total. The van der Waals surface area contributed by atoms with E-state index < -0.39 is 0 Å². The zero-order valence-electron chi connectivity index (χ0n) is 11.5. The van der Waals surface area contributed by atoms with Gasteiger partial charge in [0.1, 0.15) is 11.5 Å². The third-order valence-electron chi connectivity index (χ3n) is 3.55. The Balaban J connectivity index is 2.22. The van der Waals surface area contributed by atoms with Crippen LogP contribution in [0.25, 0.3) is 0 Å². The minimum atomic E-state index is 0.163. The van der Waals surface area contributed by atoms with Crippen LogP contribution in [0.3, 0.4) is 0 Å². The van der Waals surface area contributed by atoms with Gasteiger partial charge in [-0.1, -0.05) is 19.8 Å². The topological polar surface area (TPSA) is 52.5 Å². The van der Waals surface area contributed by atoms with Crippen molar-refractivity contribution in [2.45, 2.75) is 38.6 Å². The molecule has 0 aromatic heterocycles. The SMILES string of the molecule is CCCCCc1cc(O)cc(O)c1C1CSCCN1. The molecule has 1 aromatic carbocycles. The molecule has 1 aliphatic rings. The van der Waals surface area contributed by atoms with Crippen molar-refractivity contribution in [2.75, 3.05) is 18.1 Å². The van der Waals surface area contributed by atoms with Gasteiger partial charge in [-0.25, -0.2) is 0 Å². The molecule has 106 valence electrons. The first-order chi connectivity index (χ1) is 9.22. The zero-order valence-corrected chi connectivity index (χ0v) is 12.3. The van der Waals surface area contributed by atoms with E-state index in [2.05, 4.69) is 12.2 Å². The highest BCUT2D eigenvalue weighted by Gasteiger charge is 2.22. The zero-order chi connectivity index (χ0) is 13.7. The van der Waals surface area contributed by atoms with Gasteiger partial charge in [-0.2, -0.15) is 11.8 Å². The Morgan fingerprint density at radius 3 is 2.84 bits per heavy atom. The standard InChI is InChI=1S/C15H23NO2S/c1-2-3-4-5-11-8-12(17)9-14(18)15(11)13-10-19-7-6-16-13/h8-9,13,16-18H,2-7,10H2,1H3. The Morgan fingerprint density at radius 2 is 2.16 bits per heavy atom. The van der Waals surface area contributed by atoms with Crippen LogP contribution in [0.15, 0.2) is 12.1 Å². The fraction of sp³-hybridized carbons (Fsp3) is 0.600. The van der Waals surface area contributed by atoms with E-state index in [1.54, 1.807) is 0 Å². The Hall–Kier alpha value is -0.870. The second-order valence-corrected chi connectivity index (χ2v) is 6.23. The molecule has 3 nitrogen and oxygen atoms in total. The van der Waals surface area contributed by atoms with Crippen molar-refractivity contribution < 1.29 is 10.2 Å². The Bertz CT molecular complexity index is 417. The summed E-state index contributed by atoms with van der Waals surface area (Å²) in [5.41, 5.74) is 2.08. The summed E-state index contributed by atoms with van der Waals surface area (Å²) >= 11 is 1.91. The van der Waals surface area contributed by atoms with Gasteiger partial charge in [0.15, 0.2) is 0 Å². The number of nitrogens with one attached hydrogen (secondary N) is 1. The molecule has 1 heterocycles. The third kappa shape index (κ3) is 3.80. The number of phenolic OH excluding ortho intramolecular Hbond substituents is 2. The van der Waals surface area contributed by atoms with Crippen LogP contribution in [0.1, 0.15) is 43.4 Å². The van der Waals surface area contributed by atoms with Crippen LogP contribution < -0.4 is 5.32 Å². The molecule has 0 aliphatic carbocycles. The van der Waals surface area contributed by atoms with Gasteiger partial charge >= 0.3 is 0 Å². The Morgan fingerprint density at radius 1 is 1.32 bits per heavy atom. The van der Waals surface area contributed by atoms with Crippen molar-refractivity contribution in [1.29, 1.82) is 0 Å². The molecule has 19 heavy (non-hydrogen) atoms. The highest BCUT2D eigenvalue weighted by molar-refractivity contribution is 7.99. The number of unbranched alkanes of at least 4 members (excludes halogenated alkanes) is 2. The van der Waals surface area contributed by atoms with E-state index in [0.717, 1.165) is 42.0 Å². The number of phenols is 2. The van der Waals surface area contributed by atoms with E-state index in [-0.39, 0.29) is 17.5 Å². The summed E-state index contributed by atoms with van der Waals surface area (Å²) in [6.07, 6.45) is 4.39. The summed E-state index contributed by atoms with van der Waals surface area (Å²) in [5.74, 6) is 2.50. The van der Waals surface area contributed by atoms with Gasteiger partial charge in [0.2, 0.25) is 0 Å². The second kappa shape index (κ2) is 7.06. The van der Waals surface area contributed by atoms with Crippen LogP contribution in [0.2, 0.25) is 0 Å². The molecule has 0 amide bonds. The molecule has 0 spiro atoms. The Kier molecular flexibility index (Phi) is 5.40. The third-order valence-corrected chi connectivity index (χ3v) is 4.61. The minimum absolute atomic E-state index is 0.163. The minimum Gasteiger partial charge on any atom is -0.508 e. The smallest absolute Gasteiger partial charge is 0.124 e. The lowest BCUT2D eigenvalue weighted by Gasteiger charge is -2.26. The molecule has 1 atom stereocenters. The van der Waals surface area contributed by atoms with E-state index in [9.17, 15) is 10.2 Å². The van der Waals surface area contributed by atoms with Crippen LogP contribution >= 0.6 is 11.8 Å². The number of rotatable bonds is 5. The number of aromatic hydroxyl groups is 2. The normalized spacial score (nSPS) is 19.5. The van der Waals surface area contributed by atoms with E-state index >= 15 is 0 Å². The largest absolute Gasteiger partial charge is 0.508 e. The van der Waals surface area contributed by atoms with Crippen molar-refractivity contribution in [1.82, 2.24) is 5.32 Å². The molecular formula is C15H23NO2S. The summed E-state index contributed by atoms with van der Waals surface area (Å²) in [4.78, 5) is 0. The van der Waals surface area contributed by atoms with Crippen molar-refractivity contribution >= 4 is 11.8 Å². The molecule has 1 aromatic rings. The summed E-state index contributed by atoms with van der Waals surface area (Å²) in [5, 5.41) is 23.3. The van der Waals surface area contributed by atoms with E-state index in [1.165, 1.54) is 18.9 Å². The molecule has 4 heteroatoms. The average Bonchev–Trinajstić information content (AvgIpc) is 2.39. The van der Waals surface area contributed by atoms with Gasteiger partial charge in [0, 0.05) is 35.7 Å². The first kappa shape index (κ1) is 14.5. The van der Waals surface area contributed by atoms with Gasteiger partial charge in [-0.3, -0.25) is 0 Å². The maximum absolute atomic E-state index is 10.2. The van der Waals surface area contributed by atoms with E-state index in [4.69, 9.17) is 0 Å². The molecule has 0 saturated carbocycles. The fourth-order valence-corrected chi connectivity index (χ4v) is 3.55. The molecule has 1 saturated heterocycles. The van der Waals surface area contributed by atoms with Crippen molar-refractivity contribution in [2.24, 2.45) is 0 Å². The van der Waals surface area contributed by atoms with Crippen LogP contribution in [-0.4, -0.2) is 28.3 Å². The van der Waals surface area contributed by atoms with Crippen LogP contribution in [-0.2, 0) is 6.42 Å². The number of benzene rings is 1. The monoisotopic (exact) mass is 281 g/mol.